The number of carbonyl (C=O) groups is 2. The van der Waals surface area contributed by atoms with Crippen LogP contribution in [0.5, 0.6) is 5.88 Å². The van der Waals surface area contributed by atoms with E-state index in [1.807, 2.05) is 6.07 Å². The van der Waals surface area contributed by atoms with Gasteiger partial charge < -0.3 is 19.9 Å². The minimum Gasteiger partial charge on any atom is -0.391 e. The second-order valence-electron chi connectivity index (χ2n) is 6.77. The molecule has 2 aromatic heterocycles. The molecule has 8 nitrogen and oxygen atoms in total. The van der Waals surface area contributed by atoms with Crippen molar-refractivity contribution >= 4 is 29.4 Å². The molecule has 9 heteroatoms. The zero-order chi connectivity index (χ0) is 20.8. The van der Waals surface area contributed by atoms with Gasteiger partial charge in [0.25, 0.3) is 5.91 Å². The molecule has 1 saturated heterocycles. The van der Waals surface area contributed by atoms with E-state index in [1.165, 1.54) is 6.20 Å². The summed E-state index contributed by atoms with van der Waals surface area (Å²) in [5.74, 6) is -0.0257. The molecule has 0 spiro atoms. The van der Waals surface area contributed by atoms with E-state index in [4.69, 9.17) is 4.74 Å². The maximum Gasteiger partial charge on any atom is 0.416 e. The van der Waals surface area contributed by atoms with E-state index in [0.29, 0.717) is 29.6 Å². The first-order chi connectivity index (χ1) is 14.7. The summed E-state index contributed by atoms with van der Waals surface area (Å²) >= 11 is 1.70. The first kappa shape index (κ1) is 20.0. The third-order valence-corrected chi connectivity index (χ3v) is 5.92. The van der Waals surface area contributed by atoms with Crippen LogP contribution in [0.25, 0.3) is 0 Å². The van der Waals surface area contributed by atoms with Crippen molar-refractivity contribution in [1.29, 1.82) is 0 Å². The van der Waals surface area contributed by atoms with Gasteiger partial charge in [0.15, 0.2) is 5.16 Å². The number of piperidine rings is 1. The third-order valence-electron chi connectivity index (χ3n) is 4.67. The van der Waals surface area contributed by atoms with Gasteiger partial charge in [-0.05, 0) is 31.0 Å². The zero-order valence-corrected chi connectivity index (χ0v) is 17.0. The largest absolute Gasteiger partial charge is 0.416 e. The second-order valence-corrected chi connectivity index (χ2v) is 8.06. The van der Waals surface area contributed by atoms with Crippen LogP contribution in [-0.2, 0) is 0 Å². The fraction of sp³-hybridized carbons (Fsp3) is 0.238. The first-order valence-corrected chi connectivity index (χ1v) is 10.5. The van der Waals surface area contributed by atoms with Gasteiger partial charge in [0.05, 0.1) is 11.9 Å². The predicted octanol–water partition coefficient (Wildman–Crippen LogP) is 3.81. The summed E-state index contributed by atoms with van der Waals surface area (Å²) in [5, 5.41) is 4.09. The topological polar surface area (TPSA) is 100 Å². The molecule has 2 N–H and O–H groups in total. The quantitative estimate of drug-likeness (QED) is 0.647. The molecular weight excluding hydrogens is 402 g/mol. The van der Waals surface area contributed by atoms with Gasteiger partial charge in [-0.1, -0.05) is 30.0 Å². The highest BCUT2D eigenvalue weighted by molar-refractivity contribution is 7.99. The van der Waals surface area contributed by atoms with Crippen molar-refractivity contribution in [3.8, 4) is 5.88 Å². The van der Waals surface area contributed by atoms with Gasteiger partial charge in [0.2, 0.25) is 5.88 Å². The van der Waals surface area contributed by atoms with Crippen LogP contribution in [0.2, 0.25) is 0 Å². The van der Waals surface area contributed by atoms with Crippen LogP contribution in [0.15, 0.2) is 66.2 Å². The van der Waals surface area contributed by atoms with Gasteiger partial charge in [-0.2, -0.15) is 0 Å². The standard InChI is InChI=1S/C21H21N5O3S/c27-19(15-4-2-1-3-5-15)25-16-6-7-18(24-14-16)29-21(28)26-12-8-17(9-13-26)30-20-22-10-11-23-20/h1-7,10-11,14,17H,8-9,12-13H2,(H,22,23)(H,25,27). The van der Waals surface area contributed by atoms with Crippen LogP contribution in [-0.4, -0.2) is 50.2 Å². The molecule has 0 unspecified atom stereocenters. The maximum absolute atomic E-state index is 12.4. The molecule has 0 radical (unpaired) electrons. The number of hydrogen-bond donors (Lipinski definition) is 2. The Bertz CT molecular complexity index is 972. The Kier molecular flexibility index (Phi) is 6.29. The number of aromatic nitrogens is 3. The van der Waals surface area contributed by atoms with E-state index in [1.54, 1.807) is 65.5 Å². The molecule has 1 fully saturated rings. The lowest BCUT2D eigenvalue weighted by Crippen LogP contribution is -2.41. The van der Waals surface area contributed by atoms with Crippen molar-refractivity contribution in [2.45, 2.75) is 23.2 Å². The van der Waals surface area contributed by atoms with Crippen molar-refractivity contribution in [3.05, 3.63) is 66.6 Å². The number of hydrogen-bond acceptors (Lipinski definition) is 6. The van der Waals surface area contributed by atoms with E-state index < -0.39 is 6.09 Å². The second kappa shape index (κ2) is 9.45. The minimum absolute atomic E-state index is 0.199. The van der Waals surface area contributed by atoms with Crippen molar-refractivity contribution in [2.75, 3.05) is 18.4 Å². The number of benzene rings is 1. The highest BCUT2D eigenvalue weighted by atomic mass is 32.2. The minimum atomic E-state index is -0.412. The number of nitrogens with zero attached hydrogens (tertiary/aromatic N) is 3. The lowest BCUT2D eigenvalue weighted by Gasteiger charge is -2.30. The van der Waals surface area contributed by atoms with Crippen molar-refractivity contribution in [2.24, 2.45) is 0 Å². The van der Waals surface area contributed by atoms with Crippen LogP contribution in [0.3, 0.4) is 0 Å². The lowest BCUT2D eigenvalue weighted by atomic mass is 10.1. The number of nitrogens with one attached hydrogen (secondary N) is 2. The monoisotopic (exact) mass is 423 g/mol. The summed E-state index contributed by atoms with van der Waals surface area (Å²) < 4.78 is 5.38. The summed E-state index contributed by atoms with van der Waals surface area (Å²) in [4.78, 5) is 37.7. The SMILES string of the molecule is O=C(Nc1ccc(OC(=O)N2CCC(Sc3ncc[nH]3)CC2)nc1)c1ccccc1. The van der Waals surface area contributed by atoms with Crippen molar-refractivity contribution in [1.82, 2.24) is 19.9 Å². The van der Waals surface area contributed by atoms with Crippen LogP contribution >= 0.6 is 11.8 Å². The number of ether oxygens (including phenoxy) is 1. The van der Waals surface area contributed by atoms with Gasteiger partial charge in [0, 0.05) is 42.4 Å². The van der Waals surface area contributed by atoms with E-state index in [2.05, 4.69) is 20.3 Å². The molecule has 1 aliphatic heterocycles. The van der Waals surface area contributed by atoms with Crippen LogP contribution in [0.4, 0.5) is 10.5 Å². The third kappa shape index (κ3) is 5.18. The number of likely N-dealkylation sites (tertiary alicyclic amines) is 1. The average Bonchev–Trinajstić information content (AvgIpc) is 3.29. The number of anilines is 1. The van der Waals surface area contributed by atoms with Gasteiger partial charge in [-0.3, -0.25) is 4.79 Å². The molecule has 3 aromatic rings. The zero-order valence-electron chi connectivity index (χ0n) is 16.2. The molecule has 0 atom stereocenters. The fourth-order valence-electron chi connectivity index (χ4n) is 3.09. The number of rotatable bonds is 5. The summed E-state index contributed by atoms with van der Waals surface area (Å²) in [7, 11) is 0. The Labute approximate surface area is 178 Å². The molecule has 1 aliphatic rings. The van der Waals surface area contributed by atoms with Gasteiger partial charge in [0.1, 0.15) is 0 Å². The lowest BCUT2D eigenvalue weighted by molar-refractivity contribution is 0.102. The first-order valence-electron chi connectivity index (χ1n) is 9.62. The molecular formula is C21H21N5O3S. The Morgan fingerprint density at radius 1 is 1.10 bits per heavy atom. The predicted molar refractivity (Wildman–Crippen MR) is 114 cm³/mol. The summed E-state index contributed by atoms with van der Waals surface area (Å²) in [6, 6.07) is 12.1. The van der Waals surface area contributed by atoms with Crippen molar-refractivity contribution < 1.29 is 14.3 Å². The van der Waals surface area contributed by atoms with E-state index >= 15 is 0 Å². The summed E-state index contributed by atoms with van der Waals surface area (Å²) in [5.41, 5.74) is 1.08. The van der Waals surface area contributed by atoms with E-state index in [9.17, 15) is 9.59 Å². The Morgan fingerprint density at radius 2 is 1.90 bits per heavy atom. The molecule has 30 heavy (non-hydrogen) atoms. The summed E-state index contributed by atoms with van der Waals surface area (Å²) in [6.45, 7) is 1.25. The molecule has 3 heterocycles. The van der Waals surface area contributed by atoms with E-state index in [-0.39, 0.29) is 11.8 Å². The summed E-state index contributed by atoms with van der Waals surface area (Å²) in [6.07, 6.45) is 6.34. The number of carbonyl (C=O) groups excluding carboxylic acids is 2. The smallest absolute Gasteiger partial charge is 0.391 e. The van der Waals surface area contributed by atoms with E-state index in [0.717, 1.165) is 18.0 Å². The maximum atomic E-state index is 12.4. The molecule has 4 rings (SSSR count). The highest BCUT2D eigenvalue weighted by Gasteiger charge is 2.25. The highest BCUT2D eigenvalue weighted by Crippen LogP contribution is 2.28. The van der Waals surface area contributed by atoms with Crippen LogP contribution in [0, 0.1) is 0 Å². The molecule has 1 aromatic carbocycles. The van der Waals surface area contributed by atoms with Crippen LogP contribution in [0.1, 0.15) is 23.2 Å². The average molecular weight is 423 g/mol. The number of pyridine rings is 1. The number of H-pyrrole nitrogens is 1. The normalized spacial score (nSPS) is 14.3. The fourth-order valence-corrected chi connectivity index (χ4v) is 4.11. The molecule has 0 saturated carbocycles. The molecule has 2 amide bonds. The van der Waals surface area contributed by atoms with Crippen molar-refractivity contribution in [3.63, 3.8) is 0 Å². The Hall–Kier alpha value is -3.33. The van der Waals surface area contributed by atoms with Crippen LogP contribution < -0.4 is 10.1 Å². The number of aromatic amines is 1. The molecule has 0 bridgehead atoms. The van der Waals surface area contributed by atoms with Gasteiger partial charge >= 0.3 is 6.09 Å². The molecule has 154 valence electrons. The van der Waals surface area contributed by atoms with Gasteiger partial charge in [-0.25, -0.2) is 14.8 Å². The van der Waals surface area contributed by atoms with Gasteiger partial charge in [-0.15, -0.1) is 0 Å². The molecule has 0 aliphatic carbocycles. The Morgan fingerprint density at radius 3 is 2.57 bits per heavy atom. The Balaban J connectivity index is 1.25. The number of thioether (sulfide) groups is 1. The number of amides is 2. The number of imidazole rings is 1.